The van der Waals surface area contributed by atoms with Crippen LogP contribution in [-0.2, 0) is 4.74 Å². The van der Waals surface area contributed by atoms with Crippen molar-refractivity contribution in [3.05, 3.63) is 35.1 Å². The number of halogens is 1. The number of nitrogens with zero attached hydrogens (tertiary/aromatic N) is 3. The van der Waals surface area contributed by atoms with Gasteiger partial charge in [-0.3, -0.25) is 0 Å². The minimum absolute atomic E-state index is 0.0960. The van der Waals surface area contributed by atoms with Crippen molar-refractivity contribution in [3.8, 4) is 11.7 Å². The smallest absolute Gasteiger partial charge is 0.341 e. The molecular formula is C19H22ClN3O3. The van der Waals surface area contributed by atoms with Crippen molar-refractivity contribution in [1.29, 1.82) is 0 Å². The van der Waals surface area contributed by atoms with E-state index in [9.17, 15) is 4.79 Å². The van der Waals surface area contributed by atoms with Gasteiger partial charge < -0.3 is 9.47 Å². The Kier molecular flexibility index (Phi) is 4.61. The maximum absolute atomic E-state index is 11.8. The Balaban J connectivity index is 1.36. The van der Waals surface area contributed by atoms with E-state index in [2.05, 4.69) is 10.1 Å². The number of carbonyl (C=O) groups is 1. The van der Waals surface area contributed by atoms with Crippen LogP contribution in [0.4, 0.5) is 0 Å². The fourth-order valence-corrected chi connectivity index (χ4v) is 3.98. The first kappa shape index (κ1) is 17.3. The van der Waals surface area contributed by atoms with E-state index in [4.69, 9.17) is 21.1 Å². The lowest BCUT2D eigenvalue weighted by Crippen LogP contribution is -2.28. The van der Waals surface area contributed by atoms with Crippen LogP contribution in [0.5, 0.6) is 5.88 Å². The number of carbonyl (C=O) groups excluding carboxylic acids is 1. The molecule has 0 N–H and O–H groups in total. The number of hydrogen-bond donors (Lipinski definition) is 0. The molecule has 2 saturated carbocycles. The van der Waals surface area contributed by atoms with Crippen molar-refractivity contribution in [3.63, 3.8) is 0 Å². The van der Waals surface area contributed by atoms with Crippen LogP contribution in [0.3, 0.4) is 0 Å². The summed E-state index contributed by atoms with van der Waals surface area (Å²) in [6, 6.07) is 5.08. The van der Waals surface area contributed by atoms with Crippen molar-refractivity contribution in [2.24, 2.45) is 11.3 Å². The third-order valence-corrected chi connectivity index (χ3v) is 5.88. The Bertz CT molecular complexity index is 816. The molecule has 1 atom stereocenters. The van der Waals surface area contributed by atoms with E-state index in [1.54, 1.807) is 29.9 Å². The van der Waals surface area contributed by atoms with Gasteiger partial charge in [0.25, 0.3) is 0 Å². The van der Waals surface area contributed by atoms with Gasteiger partial charge in [-0.25, -0.2) is 14.5 Å². The SMILES string of the molecule is CCOC(=O)c1ccc(-n2ccc(OCCC3CCC34CC4)n2)nc1Cl. The molecule has 0 amide bonds. The number of rotatable bonds is 7. The minimum atomic E-state index is -0.481. The first-order valence-corrected chi connectivity index (χ1v) is 9.51. The molecule has 2 fully saturated rings. The van der Waals surface area contributed by atoms with Gasteiger partial charge in [0.1, 0.15) is 5.15 Å². The highest BCUT2D eigenvalue weighted by atomic mass is 35.5. The number of hydrogen-bond acceptors (Lipinski definition) is 5. The van der Waals surface area contributed by atoms with Crippen LogP contribution >= 0.6 is 11.6 Å². The maximum Gasteiger partial charge on any atom is 0.341 e. The van der Waals surface area contributed by atoms with Gasteiger partial charge in [-0.05, 0) is 62.5 Å². The number of esters is 1. The Morgan fingerprint density at radius 1 is 1.35 bits per heavy atom. The molecule has 7 heteroatoms. The quantitative estimate of drug-likeness (QED) is 0.539. The molecule has 2 aromatic heterocycles. The lowest BCUT2D eigenvalue weighted by molar-refractivity contribution is 0.0526. The summed E-state index contributed by atoms with van der Waals surface area (Å²) in [5, 5.41) is 4.48. The summed E-state index contributed by atoms with van der Waals surface area (Å²) in [6.45, 7) is 2.73. The van der Waals surface area contributed by atoms with E-state index in [1.165, 1.54) is 25.7 Å². The van der Waals surface area contributed by atoms with E-state index in [0.717, 1.165) is 12.3 Å². The molecule has 2 aliphatic carbocycles. The molecule has 2 heterocycles. The monoisotopic (exact) mass is 375 g/mol. The van der Waals surface area contributed by atoms with Crippen molar-refractivity contribution in [1.82, 2.24) is 14.8 Å². The topological polar surface area (TPSA) is 66.2 Å². The lowest BCUT2D eigenvalue weighted by Gasteiger charge is -2.37. The fourth-order valence-electron chi connectivity index (χ4n) is 3.76. The molecule has 2 aliphatic rings. The molecule has 0 aromatic carbocycles. The summed E-state index contributed by atoms with van der Waals surface area (Å²) in [5.74, 6) is 1.45. The largest absolute Gasteiger partial charge is 0.477 e. The predicted octanol–water partition coefficient (Wildman–Crippen LogP) is 4.06. The first-order valence-electron chi connectivity index (χ1n) is 9.14. The zero-order chi connectivity index (χ0) is 18.1. The predicted molar refractivity (Wildman–Crippen MR) is 96.8 cm³/mol. The molecule has 0 bridgehead atoms. The Hall–Kier alpha value is -2.08. The number of aromatic nitrogens is 3. The van der Waals surface area contributed by atoms with Crippen LogP contribution in [-0.4, -0.2) is 33.9 Å². The van der Waals surface area contributed by atoms with Gasteiger partial charge in [0, 0.05) is 12.3 Å². The van der Waals surface area contributed by atoms with Crippen LogP contribution in [0.25, 0.3) is 5.82 Å². The van der Waals surface area contributed by atoms with Gasteiger partial charge in [0.05, 0.1) is 18.8 Å². The van der Waals surface area contributed by atoms with Crippen LogP contribution < -0.4 is 4.74 Å². The van der Waals surface area contributed by atoms with Crippen LogP contribution in [0.15, 0.2) is 24.4 Å². The van der Waals surface area contributed by atoms with E-state index in [-0.39, 0.29) is 10.7 Å². The molecule has 26 heavy (non-hydrogen) atoms. The molecule has 6 nitrogen and oxygen atoms in total. The number of ether oxygens (including phenoxy) is 2. The Labute approximate surface area is 157 Å². The molecule has 138 valence electrons. The third-order valence-electron chi connectivity index (χ3n) is 5.59. The summed E-state index contributed by atoms with van der Waals surface area (Å²) in [4.78, 5) is 16.0. The van der Waals surface area contributed by atoms with Gasteiger partial charge in [-0.15, -0.1) is 5.10 Å². The lowest BCUT2D eigenvalue weighted by atomic mass is 9.69. The molecule has 1 spiro atoms. The number of pyridine rings is 1. The second kappa shape index (κ2) is 6.91. The van der Waals surface area contributed by atoms with Crippen molar-refractivity contribution < 1.29 is 14.3 Å². The standard InChI is InChI=1S/C19H22ClN3O3/c1-2-25-18(24)14-3-4-15(21-17(14)20)23-11-6-16(22-23)26-12-7-13-5-8-19(13)9-10-19/h3-4,6,11,13H,2,5,7-10,12H2,1H3. The molecular weight excluding hydrogens is 354 g/mol. The highest BCUT2D eigenvalue weighted by Gasteiger charge is 2.54. The molecule has 1 unspecified atom stereocenters. The van der Waals surface area contributed by atoms with Gasteiger partial charge in [0.2, 0.25) is 5.88 Å². The van der Waals surface area contributed by atoms with Crippen molar-refractivity contribution in [2.45, 2.75) is 39.0 Å². The summed E-state index contributed by atoms with van der Waals surface area (Å²) in [6.07, 6.45) is 8.42. The van der Waals surface area contributed by atoms with E-state index >= 15 is 0 Å². The molecule has 0 radical (unpaired) electrons. The summed E-state index contributed by atoms with van der Waals surface area (Å²) in [5.41, 5.74) is 0.930. The van der Waals surface area contributed by atoms with Crippen LogP contribution in [0.2, 0.25) is 5.15 Å². The zero-order valence-electron chi connectivity index (χ0n) is 14.8. The highest BCUT2D eigenvalue weighted by molar-refractivity contribution is 6.32. The normalized spacial score (nSPS) is 19.8. The molecule has 2 aromatic rings. The Morgan fingerprint density at radius 2 is 2.19 bits per heavy atom. The van der Waals surface area contributed by atoms with E-state index < -0.39 is 5.97 Å². The van der Waals surface area contributed by atoms with Crippen LogP contribution in [0.1, 0.15) is 49.4 Å². The van der Waals surface area contributed by atoms with Gasteiger partial charge in [-0.1, -0.05) is 11.6 Å². The summed E-state index contributed by atoms with van der Waals surface area (Å²) < 4.78 is 12.3. The maximum atomic E-state index is 11.8. The van der Waals surface area contributed by atoms with Crippen molar-refractivity contribution >= 4 is 17.6 Å². The average molecular weight is 376 g/mol. The Morgan fingerprint density at radius 3 is 2.85 bits per heavy atom. The van der Waals surface area contributed by atoms with Gasteiger partial charge in [-0.2, -0.15) is 0 Å². The molecule has 0 saturated heterocycles. The first-order chi connectivity index (χ1) is 12.6. The fraction of sp³-hybridized carbons (Fsp3) is 0.526. The second-order valence-electron chi connectivity index (χ2n) is 7.06. The zero-order valence-corrected chi connectivity index (χ0v) is 15.5. The summed E-state index contributed by atoms with van der Waals surface area (Å²) in [7, 11) is 0. The van der Waals surface area contributed by atoms with Crippen LogP contribution in [0, 0.1) is 11.3 Å². The van der Waals surface area contributed by atoms with Gasteiger partial charge >= 0.3 is 5.97 Å². The van der Waals surface area contributed by atoms with E-state index in [0.29, 0.717) is 30.3 Å². The third kappa shape index (κ3) is 3.30. The second-order valence-corrected chi connectivity index (χ2v) is 7.42. The van der Waals surface area contributed by atoms with Gasteiger partial charge in [0.15, 0.2) is 5.82 Å². The average Bonchev–Trinajstić information content (AvgIpc) is 3.33. The minimum Gasteiger partial charge on any atom is -0.477 e. The van der Waals surface area contributed by atoms with Crippen molar-refractivity contribution in [2.75, 3.05) is 13.2 Å². The summed E-state index contributed by atoms with van der Waals surface area (Å²) >= 11 is 6.11. The molecule has 0 aliphatic heterocycles. The molecule has 4 rings (SSSR count). The highest BCUT2D eigenvalue weighted by Crippen LogP contribution is 2.65. The van der Waals surface area contributed by atoms with E-state index in [1.807, 2.05) is 6.07 Å².